The number of aliphatic hydroxyl groups excluding tert-OH is 1. The van der Waals surface area contributed by atoms with Gasteiger partial charge < -0.3 is 15.2 Å². The lowest BCUT2D eigenvalue weighted by Gasteiger charge is -2.06. The zero-order chi connectivity index (χ0) is 12.7. The second-order valence-electron chi connectivity index (χ2n) is 3.71. The highest BCUT2D eigenvalue weighted by atomic mass is 16.5. The molecule has 0 spiro atoms. The number of rotatable bonds is 6. The highest BCUT2D eigenvalue weighted by Crippen LogP contribution is 2.04. The number of methoxy groups -OCH3 is 1. The van der Waals surface area contributed by atoms with E-state index in [1.807, 2.05) is 0 Å². The predicted molar refractivity (Wildman–Crippen MR) is 62.8 cm³/mol. The molecule has 0 aliphatic carbocycles. The maximum absolute atomic E-state index is 11.1. The largest absolute Gasteiger partial charge is 0.464 e. The molecule has 17 heavy (non-hydrogen) atoms. The van der Waals surface area contributed by atoms with Crippen molar-refractivity contribution in [2.75, 3.05) is 19.0 Å². The van der Waals surface area contributed by atoms with Crippen LogP contribution >= 0.6 is 0 Å². The number of aliphatic hydroxyl groups is 1. The molecule has 6 heteroatoms. The Balaban J connectivity index is 2.38. The smallest absolute Gasteiger partial charge is 0.358 e. The fourth-order valence-electron chi connectivity index (χ4n) is 1.25. The summed E-state index contributed by atoms with van der Waals surface area (Å²) in [7, 11) is 1.30. The van der Waals surface area contributed by atoms with Gasteiger partial charge in [-0.25, -0.2) is 4.79 Å². The highest BCUT2D eigenvalue weighted by molar-refractivity contribution is 5.86. The van der Waals surface area contributed by atoms with Crippen LogP contribution in [-0.2, 0) is 4.74 Å². The van der Waals surface area contributed by atoms with E-state index in [1.165, 1.54) is 7.11 Å². The van der Waals surface area contributed by atoms with Crippen LogP contribution in [0.15, 0.2) is 12.1 Å². The van der Waals surface area contributed by atoms with Gasteiger partial charge >= 0.3 is 5.97 Å². The third-order valence-corrected chi connectivity index (χ3v) is 2.16. The third kappa shape index (κ3) is 4.78. The fraction of sp³-hybridized carbons (Fsp3) is 0.545. The Labute approximate surface area is 100 Å². The van der Waals surface area contributed by atoms with Gasteiger partial charge in [0.1, 0.15) is 5.82 Å². The summed E-state index contributed by atoms with van der Waals surface area (Å²) in [5, 5.41) is 19.7. The molecule has 1 aromatic heterocycles. The van der Waals surface area contributed by atoms with Gasteiger partial charge in [-0.15, -0.1) is 10.2 Å². The summed E-state index contributed by atoms with van der Waals surface area (Å²) in [6.07, 6.45) is 1.29. The first-order chi connectivity index (χ1) is 8.13. The van der Waals surface area contributed by atoms with Crippen molar-refractivity contribution in [2.45, 2.75) is 25.9 Å². The van der Waals surface area contributed by atoms with Gasteiger partial charge in [-0.1, -0.05) is 0 Å². The fourth-order valence-corrected chi connectivity index (χ4v) is 1.25. The number of nitrogens with one attached hydrogen (secondary N) is 1. The lowest BCUT2D eigenvalue weighted by atomic mass is 10.2. The average Bonchev–Trinajstić information content (AvgIpc) is 2.34. The number of anilines is 1. The maximum atomic E-state index is 11.1. The van der Waals surface area contributed by atoms with Gasteiger partial charge in [0.2, 0.25) is 0 Å². The molecule has 0 radical (unpaired) electrons. The van der Waals surface area contributed by atoms with Crippen molar-refractivity contribution >= 4 is 11.8 Å². The maximum Gasteiger partial charge on any atom is 0.358 e. The summed E-state index contributed by atoms with van der Waals surface area (Å²) in [6, 6.07) is 3.22. The molecule has 2 N–H and O–H groups in total. The van der Waals surface area contributed by atoms with Crippen molar-refractivity contribution in [1.29, 1.82) is 0 Å². The molecule has 0 saturated heterocycles. The lowest BCUT2D eigenvalue weighted by Crippen LogP contribution is -2.10. The third-order valence-electron chi connectivity index (χ3n) is 2.16. The number of esters is 1. The van der Waals surface area contributed by atoms with E-state index in [0.29, 0.717) is 12.4 Å². The second-order valence-corrected chi connectivity index (χ2v) is 3.71. The van der Waals surface area contributed by atoms with Crippen molar-refractivity contribution in [3.8, 4) is 0 Å². The van der Waals surface area contributed by atoms with Crippen LogP contribution in [0.4, 0.5) is 5.82 Å². The zero-order valence-electron chi connectivity index (χ0n) is 10.0. The van der Waals surface area contributed by atoms with Crippen LogP contribution in [0.3, 0.4) is 0 Å². The summed E-state index contributed by atoms with van der Waals surface area (Å²) in [4.78, 5) is 11.1. The predicted octanol–water partition coefficient (Wildman–Crippen LogP) is 0.836. The molecule has 0 bridgehead atoms. The SMILES string of the molecule is COC(=O)c1ccc(NCCCC(C)O)nn1. The minimum atomic E-state index is -0.502. The molecule has 0 saturated carbocycles. The molecular formula is C11H17N3O3. The van der Waals surface area contributed by atoms with E-state index >= 15 is 0 Å². The van der Waals surface area contributed by atoms with E-state index in [9.17, 15) is 4.79 Å². The first-order valence-corrected chi connectivity index (χ1v) is 5.47. The number of hydrogen-bond acceptors (Lipinski definition) is 6. The molecule has 0 aromatic carbocycles. The number of ether oxygens (including phenoxy) is 1. The standard InChI is InChI=1S/C11H17N3O3/c1-8(15)4-3-7-12-10-6-5-9(13-14-10)11(16)17-2/h5-6,8,15H,3-4,7H2,1-2H3,(H,12,14). The van der Waals surface area contributed by atoms with Crippen LogP contribution in [-0.4, -0.2) is 41.0 Å². The van der Waals surface area contributed by atoms with E-state index < -0.39 is 5.97 Å². The molecule has 1 atom stereocenters. The molecule has 1 heterocycles. The Kier molecular flexibility index (Phi) is 5.35. The highest BCUT2D eigenvalue weighted by Gasteiger charge is 2.07. The normalized spacial score (nSPS) is 11.9. The van der Waals surface area contributed by atoms with Crippen LogP contribution in [0, 0.1) is 0 Å². The van der Waals surface area contributed by atoms with E-state index in [-0.39, 0.29) is 11.8 Å². The van der Waals surface area contributed by atoms with Crippen molar-refractivity contribution in [2.24, 2.45) is 0 Å². The Hall–Kier alpha value is -1.69. The Morgan fingerprint density at radius 2 is 2.29 bits per heavy atom. The van der Waals surface area contributed by atoms with Crippen LogP contribution < -0.4 is 5.32 Å². The van der Waals surface area contributed by atoms with Gasteiger partial charge in [0, 0.05) is 6.54 Å². The van der Waals surface area contributed by atoms with Crippen LogP contribution in [0.5, 0.6) is 0 Å². The molecule has 0 aliphatic rings. The number of carbonyl (C=O) groups is 1. The molecule has 1 unspecified atom stereocenters. The number of nitrogens with zero attached hydrogens (tertiary/aromatic N) is 2. The van der Waals surface area contributed by atoms with Gasteiger partial charge in [-0.2, -0.15) is 0 Å². The minimum Gasteiger partial charge on any atom is -0.464 e. The van der Waals surface area contributed by atoms with Crippen LogP contribution in [0.1, 0.15) is 30.3 Å². The van der Waals surface area contributed by atoms with Gasteiger partial charge in [-0.05, 0) is 31.9 Å². The molecule has 0 aliphatic heterocycles. The molecule has 0 fully saturated rings. The summed E-state index contributed by atoms with van der Waals surface area (Å²) >= 11 is 0. The number of carbonyl (C=O) groups excluding carboxylic acids is 1. The quantitative estimate of drug-likeness (QED) is 0.565. The topological polar surface area (TPSA) is 84.3 Å². The van der Waals surface area contributed by atoms with E-state index in [1.54, 1.807) is 19.1 Å². The van der Waals surface area contributed by atoms with E-state index in [0.717, 1.165) is 12.8 Å². The van der Waals surface area contributed by atoms with Crippen molar-refractivity contribution in [3.05, 3.63) is 17.8 Å². The summed E-state index contributed by atoms with van der Waals surface area (Å²) in [6.45, 7) is 2.46. The van der Waals surface area contributed by atoms with Crippen molar-refractivity contribution in [3.63, 3.8) is 0 Å². The van der Waals surface area contributed by atoms with Gasteiger partial charge in [0.05, 0.1) is 13.2 Å². The Morgan fingerprint density at radius 1 is 1.53 bits per heavy atom. The first-order valence-electron chi connectivity index (χ1n) is 5.47. The Bertz CT molecular complexity index is 351. The number of hydrogen-bond donors (Lipinski definition) is 2. The molecule has 94 valence electrons. The van der Waals surface area contributed by atoms with Gasteiger partial charge in [0.25, 0.3) is 0 Å². The molecular weight excluding hydrogens is 222 g/mol. The van der Waals surface area contributed by atoms with Crippen LogP contribution in [0.2, 0.25) is 0 Å². The zero-order valence-corrected chi connectivity index (χ0v) is 10.0. The summed E-state index contributed by atoms with van der Waals surface area (Å²) in [5.41, 5.74) is 0.182. The lowest BCUT2D eigenvalue weighted by molar-refractivity contribution is 0.0592. The molecule has 1 aromatic rings. The average molecular weight is 239 g/mol. The second kappa shape index (κ2) is 6.80. The van der Waals surface area contributed by atoms with Crippen molar-refractivity contribution in [1.82, 2.24) is 10.2 Å². The van der Waals surface area contributed by atoms with Crippen LogP contribution in [0.25, 0.3) is 0 Å². The Morgan fingerprint density at radius 3 is 2.82 bits per heavy atom. The van der Waals surface area contributed by atoms with E-state index in [2.05, 4.69) is 20.3 Å². The monoisotopic (exact) mass is 239 g/mol. The number of aromatic nitrogens is 2. The minimum absolute atomic E-state index is 0.182. The van der Waals surface area contributed by atoms with Crippen molar-refractivity contribution < 1.29 is 14.6 Å². The molecule has 1 rings (SSSR count). The summed E-state index contributed by atoms with van der Waals surface area (Å²) < 4.78 is 4.51. The molecule has 0 amide bonds. The van der Waals surface area contributed by atoms with Gasteiger partial charge in [0.15, 0.2) is 5.69 Å². The van der Waals surface area contributed by atoms with Gasteiger partial charge in [-0.3, -0.25) is 0 Å². The first kappa shape index (κ1) is 13.4. The summed E-state index contributed by atoms with van der Waals surface area (Å²) in [5.74, 6) is 0.0985. The van der Waals surface area contributed by atoms with E-state index in [4.69, 9.17) is 5.11 Å². The molecule has 6 nitrogen and oxygen atoms in total.